The third-order valence-corrected chi connectivity index (χ3v) is 2.78. The number of aromatic hydroxyl groups is 1. The smallest absolute Gasteiger partial charge is 0.127 e. The number of halogens is 2. The van der Waals surface area contributed by atoms with E-state index < -0.39 is 5.82 Å². The highest BCUT2D eigenvalue weighted by Crippen LogP contribution is 2.14. The predicted molar refractivity (Wildman–Crippen MR) is 69.9 cm³/mol. The van der Waals surface area contributed by atoms with Gasteiger partial charge >= 0.3 is 0 Å². The number of rotatable bonds is 5. The van der Waals surface area contributed by atoms with Gasteiger partial charge in [-0.25, -0.2) is 8.78 Å². The molecule has 0 aliphatic carbocycles. The normalized spacial score (nSPS) is 10.6. The Hall–Kier alpha value is -1.94. The molecular formula is C15H15F2NO. The molecule has 0 radical (unpaired) electrons. The summed E-state index contributed by atoms with van der Waals surface area (Å²) in [5, 5.41) is 12.4. The average Bonchev–Trinajstić information content (AvgIpc) is 2.36. The molecule has 2 N–H and O–H groups in total. The van der Waals surface area contributed by atoms with Crippen molar-refractivity contribution < 1.29 is 13.9 Å². The summed E-state index contributed by atoms with van der Waals surface area (Å²) in [5.41, 5.74) is 1.73. The van der Waals surface area contributed by atoms with E-state index in [2.05, 4.69) is 5.32 Å². The Morgan fingerprint density at radius 2 is 1.63 bits per heavy atom. The van der Waals surface area contributed by atoms with Crippen molar-refractivity contribution in [3.8, 4) is 5.75 Å². The van der Waals surface area contributed by atoms with Gasteiger partial charge in [-0.2, -0.15) is 0 Å². The second kappa shape index (κ2) is 6.29. The minimum absolute atomic E-state index is 0.0738. The fraction of sp³-hybridized carbons (Fsp3) is 0.200. The second-order valence-corrected chi connectivity index (χ2v) is 4.37. The first-order valence-electron chi connectivity index (χ1n) is 6.07. The lowest BCUT2D eigenvalue weighted by molar-refractivity contribution is 0.467. The second-order valence-electron chi connectivity index (χ2n) is 4.37. The maximum absolute atomic E-state index is 13.0. The van der Waals surface area contributed by atoms with Gasteiger partial charge in [0.25, 0.3) is 0 Å². The van der Waals surface area contributed by atoms with Gasteiger partial charge in [0, 0.05) is 12.6 Å². The van der Waals surface area contributed by atoms with E-state index in [9.17, 15) is 13.9 Å². The van der Waals surface area contributed by atoms with E-state index >= 15 is 0 Å². The zero-order chi connectivity index (χ0) is 13.7. The monoisotopic (exact) mass is 263 g/mol. The molecular weight excluding hydrogens is 248 g/mol. The fourth-order valence-corrected chi connectivity index (χ4v) is 1.85. The molecule has 19 heavy (non-hydrogen) atoms. The summed E-state index contributed by atoms with van der Waals surface area (Å²) in [5.74, 6) is -0.766. The van der Waals surface area contributed by atoms with Crippen LogP contribution in [-0.2, 0) is 13.0 Å². The lowest BCUT2D eigenvalue weighted by Gasteiger charge is -2.06. The largest absolute Gasteiger partial charge is 0.508 e. The SMILES string of the molecule is Oc1cc(F)cc(CNCCc2ccc(F)cc2)c1. The third kappa shape index (κ3) is 4.34. The van der Waals surface area contributed by atoms with Gasteiger partial charge < -0.3 is 10.4 Å². The van der Waals surface area contributed by atoms with Crippen LogP contribution >= 0.6 is 0 Å². The van der Waals surface area contributed by atoms with E-state index in [0.29, 0.717) is 18.7 Å². The van der Waals surface area contributed by atoms with Gasteiger partial charge in [0.05, 0.1) is 0 Å². The van der Waals surface area contributed by atoms with Crippen LogP contribution in [-0.4, -0.2) is 11.7 Å². The van der Waals surface area contributed by atoms with Gasteiger partial charge in [0.2, 0.25) is 0 Å². The number of hydrogen-bond donors (Lipinski definition) is 2. The molecule has 0 aliphatic rings. The van der Waals surface area contributed by atoms with Gasteiger partial charge in [-0.15, -0.1) is 0 Å². The van der Waals surface area contributed by atoms with Crippen molar-refractivity contribution in [1.82, 2.24) is 5.32 Å². The fourth-order valence-electron chi connectivity index (χ4n) is 1.85. The van der Waals surface area contributed by atoms with Crippen LogP contribution in [0.2, 0.25) is 0 Å². The van der Waals surface area contributed by atoms with E-state index in [1.807, 2.05) is 0 Å². The zero-order valence-electron chi connectivity index (χ0n) is 10.4. The van der Waals surface area contributed by atoms with Gasteiger partial charge in [0.15, 0.2) is 0 Å². The molecule has 0 bridgehead atoms. The first-order chi connectivity index (χ1) is 9.13. The first-order valence-corrected chi connectivity index (χ1v) is 6.07. The minimum Gasteiger partial charge on any atom is -0.508 e. The van der Waals surface area contributed by atoms with E-state index in [1.54, 1.807) is 12.1 Å². The summed E-state index contributed by atoms with van der Waals surface area (Å²) in [6.45, 7) is 1.18. The number of phenolic OH excluding ortho intramolecular Hbond substituents is 1. The summed E-state index contributed by atoms with van der Waals surface area (Å²) in [4.78, 5) is 0. The Labute approximate surface area is 110 Å². The number of benzene rings is 2. The van der Waals surface area contributed by atoms with Crippen molar-refractivity contribution in [2.45, 2.75) is 13.0 Å². The van der Waals surface area contributed by atoms with E-state index in [0.717, 1.165) is 18.1 Å². The van der Waals surface area contributed by atoms with Gasteiger partial charge in [0.1, 0.15) is 17.4 Å². The summed E-state index contributed by atoms with van der Waals surface area (Å²) in [6, 6.07) is 10.3. The van der Waals surface area contributed by atoms with Gasteiger partial charge in [-0.05, 0) is 48.4 Å². The Bertz CT molecular complexity index is 520. The summed E-state index contributed by atoms with van der Waals surface area (Å²) in [7, 11) is 0. The highest BCUT2D eigenvalue weighted by atomic mass is 19.1. The molecule has 0 fully saturated rings. The summed E-state index contributed by atoms with van der Waals surface area (Å²) < 4.78 is 25.7. The number of phenols is 1. The van der Waals surface area contributed by atoms with E-state index in [-0.39, 0.29) is 11.6 Å². The molecule has 0 saturated carbocycles. The zero-order valence-corrected chi connectivity index (χ0v) is 10.4. The van der Waals surface area contributed by atoms with Crippen LogP contribution < -0.4 is 5.32 Å². The van der Waals surface area contributed by atoms with Crippen molar-refractivity contribution in [3.63, 3.8) is 0 Å². The molecule has 0 atom stereocenters. The molecule has 2 nitrogen and oxygen atoms in total. The molecule has 0 aliphatic heterocycles. The number of hydrogen-bond acceptors (Lipinski definition) is 2. The van der Waals surface area contributed by atoms with Crippen molar-refractivity contribution in [2.75, 3.05) is 6.54 Å². The maximum Gasteiger partial charge on any atom is 0.127 e. The molecule has 0 amide bonds. The topological polar surface area (TPSA) is 32.3 Å². The lowest BCUT2D eigenvalue weighted by atomic mass is 10.1. The Balaban J connectivity index is 1.79. The predicted octanol–water partition coefficient (Wildman–Crippen LogP) is 3.00. The van der Waals surface area contributed by atoms with Crippen LogP contribution in [0.3, 0.4) is 0 Å². The maximum atomic E-state index is 13.0. The van der Waals surface area contributed by atoms with Crippen LogP contribution in [0.15, 0.2) is 42.5 Å². The molecule has 2 rings (SSSR count). The third-order valence-electron chi connectivity index (χ3n) is 2.78. The summed E-state index contributed by atoms with van der Waals surface area (Å²) >= 11 is 0. The summed E-state index contributed by atoms with van der Waals surface area (Å²) in [6.07, 6.45) is 0.765. The van der Waals surface area contributed by atoms with Crippen molar-refractivity contribution in [3.05, 3.63) is 65.2 Å². The molecule has 4 heteroatoms. The highest BCUT2D eigenvalue weighted by Gasteiger charge is 2.00. The van der Waals surface area contributed by atoms with Crippen LogP contribution in [0, 0.1) is 11.6 Å². The highest BCUT2D eigenvalue weighted by molar-refractivity contribution is 5.28. The first kappa shape index (κ1) is 13.5. The lowest BCUT2D eigenvalue weighted by Crippen LogP contribution is -2.16. The molecule has 0 spiro atoms. The van der Waals surface area contributed by atoms with E-state index in [1.165, 1.54) is 24.3 Å². The van der Waals surface area contributed by atoms with Crippen LogP contribution in [0.25, 0.3) is 0 Å². The van der Waals surface area contributed by atoms with Crippen LogP contribution in [0.4, 0.5) is 8.78 Å². The van der Waals surface area contributed by atoms with Gasteiger partial charge in [-0.3, -0.25) is 0 Å². The van der Waals surface area contributed by atoms with Gasteiger partial charge in [-0.1, -0.05) is 12.1 Å². The average molecular weight is 263 g/mol. The molecule has 100 valence electrons. The number of nitrogens with one attached hydrogen (secondary N) is 1. The molecule has 0 saturated heterocycles. The van der Waals surface area contributed by atoms with Crippen molar-refractivity contribution in [2.24, 2.45) is 0 Å². The molecule has 0 heterocycles. The van der Waals surface area contributed by atoms with Crippen molar-refractivity contribution in [1.29, 1.82) is 0 Å². The standard InChI is InChI=1S/C15H15F2NO/c16-13-3-1-11(2-4-13)5-6-18-10-12-7-14(17)9-15(19)8-12/h1-4,7-9,18-19H,5-6,10H2. The van der Waals surface area contributed by atoms with Crippen LogP contribution in [0.1, 0.15) is 11.1 Å². The van der Waals surface area contributed by atoms with Crippen LogP contribution in [0.5, 0.6) is 5.75 Å². The molecule has 2 aromatic rings. The molecule has 2 aromatic carbocycles. The Morgan fingerprint density at radius 1 is 0.895 bits per heavy atom. The molecule has 0 unspecified atom stereocenters. The Kier molecular flexibility index (Phi) is 4.47. The minimum atomic E-state index is -0.449. The van der Waals surface area contributed by atoms with E-state index in [4.69, 9.17) is 0 Å². The molecule has 0 aromatic heterocycles. The van der Waals surface area contributed by atoms with Crippen molar-refractivity contribution >= 4 is 0 Å². The quantitative estimate of drug-likeness (QED) is 0.813. The Morgan fingerprint density at radius 3 is 2.32 bits per heavy atom.